The van der Waals surface area contributed by atoms with E-state index in [4.69, 9.17) is 4.74 Å². The van der Waals surface area contributed by atoms with Crippen LogP contribution in [-0.2, 0) is 12.7 Å². The van der Waals surface area contributed by atoms with E-state index in [9.17, 15) is 22.4 Å². The maximum Gasteiger partial charge on any atom is 0.471 e. The highest BCUT2D eigenvalue weighted by atomic mass is 19.4. The second kappa shape index (κ2) is 8.57. The van der Waals surface area contributed by atoms with Crippen molar-refractivity contribution < 1.29 is 31.6 Å². The molecular formula is C22H18F4N4O3. The Morgan fingerprint density at radius 2 is 2.00 bits per heavy atom. The van der Waals surface area contributed by atoms with Gasteiger partial charge in [-0.3, -0.25) is 4.79 Å². The van der Waals surface area contributed by atoms with Gasteiger partial charge in [-0.05, 0) is 48.9 Å². The molecule has 0 aliphatic rings. The van der Waals surface area contributed by atoms with Gasteiger partial charge in [-0.1, -0.05) is 5.16 Å². The highest BCUT2D eigenvalue weighted by molar-refractivity contribution is 5.95. The number of nitrogens with one attached hydrogen (secondary N) is 1. The van der Waals surface area contributed by atoms with Crippen molar-refractivity contribution in [2.24, 2.45) is 0 Å². The summed E-state index contributed by atoms with van der Waals surface area (Å²) in [5, 5.41) is 6.87. The van der Waals surface area contributed by atoms with Crippen molar-refractivity contribution >= 4 is 16.8 Å². The number of aromatic nitrogens is 3. The first-order valence-electron chi connectivity index (χ1n) is 9.80. The lowest BCUT2D eigenvalue weighted by Gasteiger charge is -2.09. The first-order valence-corrected chi connectivity index (χ1v) is 9.80. The summed E-state index contributed by atoms with van der Waals surface area (Å²) in [4.78, 5) is 15.8. The lowest BCUT2D eigenvalue weighted by molar-refractivity contribution is -0.159. The van der Waals surface area contributed by atoms with Gasteiger partial charge in [-0.2, -0.15) is 18.2 Å². The molecule has 0 bridgehead atoms. The molecule has 172 valence electrons. The van der Waals surface area contributed by atoms with Crippen LogP contribution in [0.2, 0.25) is 0 Å². The van der Waals surface area contributed by atoms with Gasteiger partial charge in [0.1, 0.15) is 11.6 Å². The number of hydrogen-bond donors (Lipinski definition) is 1. The summed E-state index contributed by atoms with van der Waals surface area (Å²) in [5.74, 6) is -2.43. The first-order chi connectivity index (χ1) is 15.7. The van der Waals surface area contributed by atoms with E-state index in [1.807, 2.05) is 17.7 Å². The SMILES string of the molecule is COc1ccc(F)c(C(=O)NCCn2cc(C)c3cc(-c4noc(C(F)(F)F)n4)ccc32)c1. The Morgan fingerprint density at radius 1 is 1.21 bits per heavy atom. The highest BCUT2D eigenvalue weighted by Gasteiger charge is 2.38. The molecule has 0 atom stereocenters. The van der Waals surface area contributed by atoms with Gasteiger partial charge in [0.15, 0.2) is 0 Å². The summed E-state index contributed by atoms with van der Waals surface area (Å²) in [6.07, 6.45) is -2.86. The molecule has 2 aromatic heterocycles. The van der Waals surface area contributed by atoms with E-state index < -0.39 is 23.8 Å². The fourth-order valence-corrected chi connectivity index (χ4v) is 3.45. The van der Waals surface area contributed by atoms with Gasteiger partial charge < -0.3 is 19.1 Å². The highest BCUT2D eigenvalue weighted by Crippen LogP contribution is 2.31. The van der Waals surface area contributed by atoms with Crippen LogP contribution in [0.3, 0.4) is 0 Å². The van der Waals surface area contributed by atoms with Crippen molar-refractivity contribution in [1.82, 2.24) is 20.0 Å². The van der Waals surface area contributed by atoms with Crippen LogP contribution in [0, 0.1) is 12.7 Å². The van der Waals surface area contributed by atoms with Crippen molar-refractivity contribution in [3.63, 3.8) is 0 Å². The summed E-state index contributed by atoms with van der Waals surface area (Å²) in [7, 11) is 1.42. The number of benzene rings is 2. The number of ether oxygens (including phenoxy) is 1. The van der Waals surface area contributed by atoms with Crippen LogP contribution in [0.4, 0.5) is 17.6 Å². The third-order valence-corrected chi connectivity index (χ3v) is 5.06. The summed E-state index contributed by atoms with van der Waals surface area (Å²) in [5.41, 5.74) is 1.93. The number of aryl methyl sites for hydroxylation is 1. The number of nitrogens with zero attached hydrogens (tertiary/aromatic N) is 3. The molecule has 0 unspecified atom stereocenters. The number of rotatable bonds is 6. The van der Waals surface area contributed by atoms with Crippen LogP contribution in [0.15, 0.2) is 47.1 Å². The third-order valence-electron chi connectivity index (χ3n) is 5.06. The zero-order chi connectivity index (χ0) is 23.8. The van der Waals surface area contributed by atoms with Crippen molar-refractivity contribution in [3.8, 4) is 17.1 Å². The smallest absolute Gasteiger partial charge is 0.471 e. The van der Waals surface area contributed by atoms with Crippen LogP contribution < -0.4 is 10.1 Å². The molecule has 1 amide bonds. The van der Waals surface area contributed by atoms with E-state index in [0.29, 0.717) is 17.9 Å². The molecular weight excluding hydrogens is 444 g/mol. The van der Waals surface area contributed by atoms with Crippen molar-refractivity contribution in [2.75, 3.05) is 13.7 Å². The molecule has 0 radical (unpaired) electrons. The van der Waals surface area contributed by atoms with E-state index >= 15 is 0 Å². The lowest BCUT2D eigenvalue weighted by Crippen LogP contribution is -2.27. The molecule has 0 spiro atoms. The van der Waals surface area contributed by atoms with Crippen molar-refractivity contribution in [1.29, 1.82) is 0 Å². The van der Waals surface area contributed by atoms with Gasteiger partial charge >= 0.3 is 12.1 Å². The largest absolute Gasteiger partial charge is 0.497 e. The van der Waals surface area contributed by atoms with E-state index in [1.165, 1.54) is 19.2 Å². The monoisotopic (exact) mass is 462 g/mol. The standard InChI is InChI=1S/C22H18F4N4O3/c1-12-11-30(8-7-27-20(31)16-10-14(32-2)4-5-17(16)23)18-6-3-13(9-15(12)18)19-28-21(33-29-19)22(24,25)26/h3-6,9-11H,7-8H2,1-2H3,(H,27,31). The minimum absolute atomic E-state index is 0.120. The van der Waals surface area contributed by atoms with Crippen LogP contribution in [0.1, 0.15) is 21.8 Å². The average Bonchev–Trinajstić information content (AvgIpc) is 3.39. The zero-order valence-corrected chi connectivity index (χ0v) is 17.5. The van der Waals surface area contributed by atoms with Crippen molar-refractivity contribution in [2.45, 2.75) is 19.6 Å². The minimum atomic E-state index is -4.72. The molecule has 0 aliphatic carbocycles. The molecule has 0 saturated heterocycles. The molecule has 4 aromatic rings. The van der Waals surface area contributed by atoms with Crippen LogP contribution >= 0.6 is 0 Å². The fraction of sp³-hybridized carbons (Fsp3) is 0.227. The Morgan fingerprint density at radius 3 is 2.70 bits per heavy atom. The maximum absolute atomic E-state index is 14.0. The number of methoxy groups -OCH3 is 1. The predicted molar refractivity (Wildman–Crippen MR) is 110 cm³/mol. The first kappa shape index (κ1) is 22.3. The van der Waals surface area contributed by atoms with Crippen molar-refractivity contribution in [3.05, 3.63) is 65.4 Å². The molecule has 0 saturated carbocycles. The molecule has 0 fully saturated rings. The molecule has 1 N–H and O–H groups in total. The van der Waals surface area contributed by atoms with E-state index in [0.717, 1.165) is 22.5 Å². The molecule has 2 heterocycles. The Balaban J connectivity index is 1.49. The minimum Gasteiger partial charge on any atom is -0.497 e. The molecule has 4 rings (SSSR count). The normalized spacial score (nSPS) is 11.7. The second-order valence-corrected chi connectivity index (χ2v) is 7.26. The second-order valence-electron chi connectivity index (χ2n) is 7.26. The molecule has 2 aromatic carbocycles. The molecule has 7 nitrogen and oxygen atoms in total. The molecule has 0 aliphatic heterocycles. The van der Waals surface area contributed by atoms with Gasteiger partial charge in [-0.15, -0.1) is 0 Å². The van der Waals surface area contributed by atoms with Crippen LogP contribution in [0.25, 0.3) is 22.3 Å². The molecule has 11 heteroatoms. The summed E-state index contributed by atoms with van der Waals surface area (Å²) in [6.45, 7) is 2.46. The summed E-state index contributed by atoms with van der Waals surface area (Å²) >= 11 is 0. The Bertz CT molecular complexity index is 1330. The van der Waals surface area contributed by atoms with Gasteiger partial charge in [0.25, 0.3) is 5.91 Å². The number of halogens is 4. The maximum atomic E-state index is 14.0. The third kappa shape index (κ3) is 4.52. The fourth-order valence-electron chi connectivity index (χ4n) is 3.45. The predicted octanol–water partition coefficient (Wildman–Crippen LogP) is 4.60. The quantitative estimate of drug-likeness (QED) is 0.424. The number of carbonyl (C=O) groups excluding carboxylic acids is 1. The van der Waals surface area contributed by atoms with Gasteiger partial charge in [-0.25, -0.2) is 4.39 Å². The Kier molecular flexibility index (Phi) is 5.79. The number of carbonyl (C=O) groups is 1. The van der Waals surface area contributed by atoms with E-state index in [1.54, 1.807) is 18.2 Å². The number of amides is 1. The number of fused-ring (bicyclic) bond motifs is 1. The van der Waals surface area contributed by atoms with Crippen LogP contribution in [0.5, 0.6) is 5.75 Å². The zero-order valence-electron chi connectivity index (χ0n) is 17.5. The van der Waals surface area contributed by atoms with E-state index in [-0.39, 0.29) is 17.9 Å². The average molecular weight is 462 g/mol. The van der Waals surface area contributed by atoms with Gasteiger partial charge in [0, 0.05) is 35.8 Å². The summed E-state index contributed by atoms with van der Waals surface area (Å²) in [6, 6.07) is 8.90. The number of alkyl halides is 3. The van der Waals surface area contributed by atoms with Gasteiger partial charge in [0.2, 0.25) is 5.82 Å². The number of hydrogen-bond acceptors (Lipinski definition) is 5. The summed E-state index contributed by atoms with van der Waals surface area (Å²) < 4.78 is 63.3. The topological polar surface area (TPSA) is 82.2 Å². The van der Waals surface area contributed by atoms with E-state index in [2.05, 4.69) is 20.0 Å². The molecule has 33 heavy (non-hydrogen) atoms. The Labute approximate surface area is 185 Å². The Hall–Kier alpha value is -3.89. The van der Waals surface area contributed by atoms with Crippen LogP contribution in [-0.4, -0.2) is 34.3 Å². The lowest BCUT2D eigenvalue weighted by atomic mass is 10.1. The van der Waals surface area contributed by atoms with Gasteiger partial charge in [0.05, 0.1) is 12.7 Å².